The first-order valence-electron chi connectivity index (χ1n) is 4.47. The van der Waals surface area contributed by atoms with E-state index in [1.807, 2.05) is 26.0 Å². The summed E-state index contributed by atoms with van der Waals surface area (Å²) in [6.45, 7) is 3.91. The Labute approximate surface area is 78.4 Å². The fourth-order valence-electron chi connectivity index (χ4n) is 1.00. The number of hydrogen-bond acceptors (Lipinski definition) is 3. The molecule has 0 bridgehead atoms. The molecule has 1 rings (SSSR count). The van der Waals surface area contributed by atoms with Gasteiger partial charge in [-0.15, -0.1) is 0 Å². The predicted octanol–water partition coefficient (Wildman–Crippen LogP) is 1.54. The standard InChI is InChI=1S/C10H15NO2/c1-3-9(7-12)13-10-6-4-5-8(2)11-10/h4-6,9,12H,3,7H2,1-2H3. The summed E-state index contributed by atoms with van der Waals surface area (Å²) in [6, 6.07) is 5.60. The fourth-order valence-corrected chi connectivity index (χ4v) is 1.00. The van der Waals surface area contributed by atoms with Crippen molar-refractivity contribution in [3.05, 3.63) is 23.9 Å². The number of ether oxygens (including phenoxy) is 1. The molecule has 0 saturated carbocycles. The van der Waals surface area contributed by atoms with Gasteiger partial charge >= 0.3 is 0 Å². The van der Waals surface area contributed by atoms with Crippen molar-refractivity contribution in [3.8, 4) is 5.88 Å². The molecule has 1 N–H and O–H groups in total. The van der Waals surface area contributed by atoms with Gasteiger partial charge in [-0.25, -0.2) is 4.98 Å². The summed E-state index contributed by atoms with van der Waals surface area (Å²) in [5, 5.41) is 8.90. The van der Waals surface area contributed by atoms with Gasteiger partial charge in [0.1, 0.15) is 6.10 Å². The van der Waals surface area contributed by atoms with Crippen LogP contribution in [0.3, 0.4) is 0 Å². The Bertz CT molecular complexity index is 259. The van der Waals surface area contributed by atoms with Crippen molar-refractivity contribution in [1.29, 1.82) is 0 Å². The van der Waals surface area contributed by atoms with Gasteiger partial charge in [-0.2, -0.15) is 0 Å². The number of rotatable bonds is 4. The second-order valence-electron chi connectivity index (χ2n) is 2.95. The first kappa shape index (κ1) is 9.99. The molecular weight excluding hydrogens is 166 g/mol. The van der Waals surface area contributed by atoms with Crippen molar-refractivity contribution in [2.75, 3.05) is 6.61 Å². The second kappa shape index (κ2) is 4.82. The summed E-state index contributed by atoms with van der Waals surface area (Å²) in [6.07, 6.45) is 0.640. The van der Waals surface area contributed by atoms with Crippen molar-refractivity contribution in [1.82, 2.24) is 4.98 Å². The van der Waals surface area contributed by atoms with Crippen molar-refractivity contribution in [2.24, 2.45) is 0 Å². The molecule has 72 valence electrons. The van der Waals surface area contributed by atoms with Crippen LogP contribution in [0.25, 0.3) is 0 Å². The van der Waals surface area contributed by atoms with Crippen molar-refractivity contribution in [2.45, 2.75) is 26.4 Å². The molecule has 1 heterocycles. The van der Waals surface area contributed by atoms with E-state index in [1.54, 1.807) is 6.07 Å². The lowest BCUT2D eigenvalue weighted by molar-refractivity contribution is 0.108. The Balaban J connectivity index is 2.62. The number of pyridine rings is 1. The van der Waals surface area contributed by atoms with Crippen LogP contribution in [0.2, 0.25) is 0 Å². The fraction of sp³-hybridized carbons (Fsp3) is 0.500. The molecule has 3 heteroatoms. The first-order chi connectivity index (χ1) is 6.26. The minimum atomic E-state index is -0.144. The smallest absolute Gasteiger partial charge is 0.213 e. The van der Waals surface area contributed by atoms with Crippen LogP contribution in [0.15, 0.2) is 18.2 Å². The Hall–Kier alpha value is -1.09. The maximum Gasteiger partial charge on any atom is 0.213 e. The minimum Gasteiger partial charge on any atom is -0.472 e. The van der Waals surface area contributed by atoms with Gasteiger partial charge in [0.25, 0.3) is 0 Å². The molecule has 0 aliphatic carbocycles. The average molecular weight is 181 g/mol. The molecule has 1 aromatic rings. The monoisotopic (exact) mass is 181 g/mol. The molecular formula is C10H15NO2. The third kappa shape index (κ3) is 3.03. The molecule has 0 amide bonds. The van der Waals surface area contributed by atoms with E-state index in [-0.39, 0.29) is 12.7 Å². The molecule has 0 aliphatic heterocycles. The third-order valence-electron chi connectivity index (χ3n) is 1.81. The summed E-state index contributed by atoms with van der Waals surface area (Å²) in [7, 11) is 0. The van der Waals surface area contributed by atoms with Crippen LogP contribution in [0.4, 0.5) is 0 Å². The largest absolute Gasteiger partial charge is 0.472 e. The summed E-state index contributed by atoms with van der Waals surface area (Å²) >= 11 is 0. The highest BCUT2D eigenvalue weighted by molar-refractivity contribution is 5.14. The minimum absolute atomic E-state index is 0.0339. The van der Waals surface area contributed by atoms with E-state index in [4.69, 9.17) is 9.84 Å². The maximum absolute atomic E-state index is 8.90. The quantitative estimate of drug-likeness (QED) is 0.766. The van der Waals surface area contributed by atoms with Gasteiger partial charge in [-0.05, 0) is 19.4 Å². The Kier molecular flexibility index (Phi) is 3.71. The molecule has 0 aliphatic rings. The van der Waals surface area contributed by atoms with E-state index in [1.165, 1.54) is 0 Å². The zero-order valence-corrected chi connectivity index (χ0v) is 8.03. The second-order valence-corrected chi connectivity index (χ2v) is 2.95. The molecule has 0 fully saturated rings. The van der Waals surface area contributed by atoms with Crippen LogP contribution < -0.4 is 4.74 Å². The zero-order chi connectivity index (χ0) is 9.68. The van der Waals surface area contributed by atoms with Crippen LogP contribution >= 0.6 is 0 Å². The molecule has 0 radical (unpaired) electrons. The van der Waals surface area contributed by atoms with Crippen LogP contribution in [0, 0.1) is 6.92 Å². The van der Waals surface area contributed by atoms with Gasteiger partial charge in [0.15, 0.2) is 0 Å². The van der Waals surface area contributed by atoms with Gasteiger partial charge in [-0.3, -0.25) is 0 Å². The summed E-state index contributed by atoms with van der Waals surface area (Å²) in [5.74, 6) is 0.584. The van der Waals surface area contributed by atoms with Crippen LogP contribution in [0.5, 0.6) is 5.88 Å². The van der Waals surface area contributed by atoms with Crippen LogP contribution in [-0.2, 0) is 0 Å². The molecule has 1 unspecified atom stereocenters. The predicted molar refractivity (Wildman–Crippen MR) is 50.8 cm³/mol. The summed E-state index contributed by atoms with van der Waals surface area (Å²) < 4.78 is 5.43. The number of aliphatic hydroxyl groups excluding tert-OH is 1. The van der Waals surface area contributed by atoms with Crippen LogP contribution in [-0.4, -0.2) is 22.8 Å². The molecule has 3 nitrogen and oxygen atoms in total. The van der Waals surface area contributed by atoms with E-state index in [0.717, 1.165) is 12.1 Å². The molecule has 0 spiro atoms. The highest BCUT2D eigenvalue weighted by atomic mass is 16.5. The van der Waals surface area contributed by atoms with Gasteiger partial charge in [0.05, 0.1) is 6.61 Å². The number of aliphatic hydroxyl groups is 1. The lowest BCUT2D eigenvalue weighted by Crippen LogP contribution is -2.20. The van der Waals surface area contributed by atoms with Crippen molar-refractivity contribution >= 4 is 0 Å². The van der Waals surface area contributed by atoms with Crippen molar-refractivity contribution in [3.63, 3.8) is 0 Å². The third-order valence-corrected chi connectivity index (χ3v) is 1.81. The Morgan fingerprint density at radius 1 is 1.54 bits per heavy atom. The maximum atomic E-state index is 8.90. The SMILES string of the molecule is CCC(CO)Oc1cccc(C)n1. The molecule has 13 heavy (non-hydrogen) atoms. The number of hydrogen-bond donors (Lipinski definition) is 1. The Morgan fingerprint density at radius 2 is 2.31 bits per heavy atom. The van der Waals surface area contributed by atoms with E-state index in [2.05, 4.69) is 4.98 Å². The lowest BCUT2D eigenvalue weighted by atomic mass is 10.3. The van der Waals surface area contributed by atoms with Gasteiger partial charge in [-0.1, -0.05) is 13.0 Å². The molecule has 0 saturated heterocycles. The van der Waals surface area contributed by atoms with Crippen LogP contribution in [0.1, 0.15) is 19.0 Å². The summed E-state index contributed by atoms with van der Waals surface area (Å²) in [5.41, 5.74) is 0.922. The number of aryl methyl sites for hydroxylation is 1. The summed E-state index contributed by atoms with van der Waals surface area (Å²) in [4.78, 5) is 4.18. The van der Waals surface area contributed by atoms with Crippen molar-refractivity contribution < 1.29 is 9.84 Å². The van der Waals surface area contributed by atoms with E-state index < -0.39 is 0 Å². The van der Waals surface area contributed by atoms with Gasteiger partial charge in [0, 0.05) is 11.8 Å². The number of aromatic nitrogens is 1. The normalized spacial score (nSPS) is 12.5. The van der Waals surface area contributed by atoms with Gasteiger partial charge < -0.3 is 9.84 Å². The topological polar surface area (TPSA) is 42.4 Å². The van der Waals surface area contributed by atoms with E-state index >= 15 is 0 Å². The Morgan fingerprint density at radius 3 is 2.85 bits per heavy atom. The lowest BCUT2D eigenvalue weighted by Gasteiger charge is -2.13. The molecule has 0 aromatic carbocycles. The first-order valence-corrected chi connectivity index (χ1v) is 4.47. The van der Waals surface area contributed by atoms with Gasteiger partial charge in [0.2, 0.25) is 5.88 Å². The molecule has 1 aromatic heterocycles. The van der Waals surface area contributed by atoms with E-state index in [9.17, 15) is 0 Å². The zero-order valence-electron chi connectivity index (χ0n) is 8.03. The number of nitrogens with zero attached hydrogens (tertiary/aromatic N) is 1. The highest BCUT2D eigenvalue weighted by Gasteiger charge is 2.06. The van der Waals surface area contributed by atoms with E-state index in [0.29, 0.717) is 5.88 Å². The average Bonchev–Trinajstić information content (AvgIpc) is 2.14. The highest BCUT2D eigenvalue weighted by Crippen LogP contribution is 2.10. The molecule has 1 atom stereocenters.